The molecule has 0 bridgehead atoms. The molecule has 46 heavy (non-hydrogen) atoms. The fraction of sp³-hybridized carbons (Fsp3) is 0.382. The fourth-order valence-corrected chi connectivity index (χ4v) is 4.80. The quantitative estimate of drug-likeness (QED) is 0.0615. The maximum Gasteiger partial charge on any atom is 0.243 e. The summed E-state index contributed by atoms with van der Waals surface area (Å²) in [5.74, 6) is -0.825. The number of aromatic hydroxyl groups is 1. The molecular weight excluding hydrogens is 594 g/mol. The van der Waals surface area contributed by atoms with Gasteiger partial charge in [-0.3, -0.25) is 24.9 Å². The van der Waals surface area contributed by atoms with Crippen LogP contribution in [0.4, 0.5) is 0 Å². The van der Waals surface area contributed by atoms with Crippen molar-refractivity contribution < 1.29 is 44.5 Å². The Kier molecular flexibility index (Phi) is 15.5. The standard InChI is InChI=1S/C34H43N3O9/c1-2-3-7-16-35-33(40)29(21-26-12-15-31(44-17-18-45-42)27(19-26)23-46-43)37-34(41)30(20-24-8-5-4-6-9-24)36-32(39)22-25-10-13-28(38)14-11-25/h4-6,8-15,19,29-30,38,42-43H,2-3,7,16-18,20-23H2,1H3,(H,35,40)(H,36,39)(H,37,41). The van der Waals surface area contributed by atoms with Gasteiger partial charge in [0.1, 0.15) is 43.4 Å². The van der Waals surface area contributed by atoms with E-state index in [9.17, 15) is 19.5 Å². The average Bonchev–Trinajstić information content (AvgIpc) is 3.05. The predicted octanol–water partition coefficient (Wildman–Crippen LogP) is 3.55. The van der Waals surface area contributed by atoms with Crippen LogP contribution >= 0.6 is 0 Å². The van der Waals surface area contributed by atoms with Crippen molar-refractivity contribution in [3.8, 4) is 11.5 Å². The number of carbonyl (C=O) groups is 3. The van der Waals surface area contributed by atoms with Crippen LogP contribution in [0.15, 0.2) is 72.8 Å². The van der Waals surface area contributed by atoms with E-state index in [2.05, 4.69) is 32.6 Å². The molecule has 12 nitrogen and oxygen atoms in total. The summed E-state index contributed by atoms with van der Waals surface area (Å²) in [7, 11) is 0. The first-order chi connectivity index (χ1) is 22.3. The summed E-state index contributed by atoms with van der Waals surface area (Å²) >= 11 is 0. The van der Waals surface area contributed by atoms with Crippen LogP contribution in [-0.2, 0) is 50.0 Å². The zero-order valence-corrected chi connectivity index (χ0v) is 25.9. The Morgan fingerprint density at radius 2 is 1.46 bits per heavy atom. The van der Waals surface area contributed by atoms with E-state index in [1.165, 1.54) is 12.1 Å². The first kappa shape index (κ1) is 36.0. The van der Waals surface area contributed by atoms with E-state index in [1.54, 1.807) is 30.3 Å². The molecule has 3 aromatic carbocycles. The van der Waals surface area contributed by atoms with Gasteiger partial charge in [-0.05, 0) is 47.4 Å². The molecule has 0 aliphatic carbocycles. The summed E-state index contributed by atoms with van der Waals surface area (Å²) in [4.78, 5) is 48.6. The van der Waals surface area contributed by atoms with Crippen molar-refractivity contribution in [2.24, 2.45) is 0 Å². The van der Waals surface area contributed by atoms with Crippen molar-refractivity contribution in [3.63, 3.8) is 0 Å². The van der Waals surface area contributed by atoms with Crippen LogP contribution < -0.4 is 20.7 Å². The number of ether oxygens (including phenoxy) is 1. The van der Waals surface area contributed by atoms with Crippen LogP contribution in [0.1, 0.15) is 48.4 Å². The molecular formula is C34H43N3O9. The molecule has 0 aliphatic heterocycles. The van der Waals surface area contributed by atoms with Crippen molar-refractivity contribution in [1.29, 1.82) is 0 Å². The average molecular weight is 638 g/mol. The molecule has 12 heteroatoms. The summed E-state index contributed by atoms with van der Waals surface area (Å²) in [5, 5.41) is 35.8. The molecule has 0 saturated carbocycles. The number of amides is 3. The van der Waals surface area contributed by atoms with Crippen molar-refractivity contribution in [1.82, 2.24) is 16.0 Å². The molecule has 3 amide bonds. The molecule has 3 aromatic rings. The SMILES string of the molecule is CCCCCNC(=O)C(Cc1ccc(OCCOO)c(COO)c1)NC(=O)C(Cc1ccccc1)NC(=O)Cc1ccc(O)cc1. The van der Waals surface area contributed by atoms with Crippen LogP contribution in [0, 0.1) is 0 Å². The zero-order valence-electron chi connectivity index (χ0n) is 25.9. The Bertz CT molecular complexity index is 1370. The largest absolute Gasteiger partial charge is 0.508 e. The molecule has 0 saturated heterocycles. The third-order valence-corrected chi connectivity index (χ3v) is 7.16. The van der Waals surface area contributed by atoms with E-state index < -0.39 is 23.9 Å². The van der Waals surface area contributed by atoms with E-state index in [0.29, 0.717) is 29.0 Å². The Balaban J connectivity index is 1.82. The number of rotatable bonds is 20. The molecule has 0 aliphatic rings. The second kappa shape index (κ2) is 19.8. The van der Waals surface area contributed by atoms with E-state index in [1.807, 2.05) is 30.3 Å². The van der Waals surface area contributed by atoms with Crippen molar-refractivity contribution >= 4 is 17.7 Å². The Morgan fingerprint density at radius 1 is 0.761 bits per heavy atom. The van der Waals surface area contributed by atoms with Gasteiger partial charge in [-0.2, -0.15) is 0 Å². The van der Waals surface area contributed by atoms with Crippen LogP contribution in [0.5, 0.6) is 11.5 Å². The van der Waals surface area contributed by atoms with E-state index in [-0.39, 0.29) is 50.7 Å². The molecule has 248 valence electrons. The molecule has 0 fully saturated rings. The number of phenols is 1. The summed E-state index contributed by atoms with van der Waals surface area (Å²) < 4.78 is 5.57. The second-order valence-corrected chi connectivity index (χ2v) is 10.8. The smallest absolute Gasteiger partial charge is 0.243 e. The van der Waals surface area contributed by atoms with E-state index in [4.69, 9.17) is 15.3 Å². The summed E-state index contributed by atoms with van der Waals surface area (Å²) in [6.45, 7) is 2.29. The zero-order chi connectivity index (χ0) is 33.1. The fourth-order valence-electron chi connectivity index (χ4n) is 4.80. The lowest BCUT2D eigenvalue weighted by molar-refractivity contribution is -0.253. The van der Waals surface area contributed by atoms with Gasteiger partial charge >= 0.3 is 0 Å². The van der Waals surface area contributed by atoms with Gasteiger partial charge in [-0.15, -0.1) is 0 Å². The number of hydrogen-bond acceptors (Lipinski definition) is 9. The number of phenolic OH excluding ortho intramolecular Hbond substituents is 1. The molecule has 0 heterocycles. The minimum absolute atomic E-state index is 0.00521. The predicted molar refractivity (Wildman–Crippen MR) is 170 cm³/mol. The molecule has 6 N–H and O–H groups in total. The minimum Gasteiger partial charge on any atom is -0.508 e. The van der Waals surface area contributed by atoms with Gasteiger partial charge < -0.3 is 25.8 Å². The van der Waals surface area contributed by atoms with Gasteiger partial charge in [0.2, 0.25) is 17.7 Å². The molecule has 0 radical (unpaired) electrons. The van der Waals surface area contributed by atoms with E-state index in [0.717, 1.165) is 24.8 Å². The molecule has 0 aromatic heterocycles. The number of unbranched alkanes of at least 4 members (excludes halogenated alkanes) is 2. The first-order valence-corrected chi connectivity index (χ1v) is 15.3. The van der Waals surface area contributed by atoms with Gasteiger partial charge in [-0.25, -0.2) is 9.78 Å². The normalized spacial score (nSPS) is 12.2. The van der Waals surface area contributed by atoms with Gasteiger partial charge in [-0.1, -0.05) is 68.3 Å². The minimum atomic E-state index is -0.987. The lowest BCUT2D eigenvalue weighted by Gasteiger charge is -2.24. The first-order valence-electron chi connectivity index (χ1n) is 15.3. The number of carbonyl (C=O) groups excluding carboxylic acids is 3. The molecule has 3 rings (SSSR count). The van der Waals surface area contributed by atoms with Crippen LogP contribution in [0.2, 0.25) is 0 Å². The van der Waals surface area contributed by atoms with E-state index >= 15 is 0 Å². The highest BCUT2D eigenvalue weighted by atomic mass is 17.1. The van der Waals surface area contributed by atoms with Gasteiger partial charge in [0, 0.05) is 24.9 Å². The van der Waals surface area contributed by atoms with Gasteiger partial charge in [0.15, 0.2) is 0 Å². The lowest BCUT2D eigenvalue weighted by Crippen LogP contribution is -2.55. The van der Waals surface area contributed by atoms with Crippen LogP contribution in [0.3, 0.4) is 0 Å². The highest BCUT2D eigenvalue weighted by Crippen LogP contribution is 2.22. The summed E-state index contributed by atoms with van der Waals surface area (Å²) in [5.41, 5.74) is 2.62. The maximum atomic E-state index is 13.8. The van der Waals surface area contributed by atoms with Crippen molar-refractivity contribution in [3.05, 3.63) is 95.1 Å². The van der Waals surface area contributed by atoms with Gasteiger partial charge in [0.05, 0.1) is 6.42 Å². The second-order valence-electron chi connectivity index (χ2n) is 10.8. The summed E-state index contributed by atoms with van der Waals surface area (Å²) in [6, 6.07) is 18.6. The monoisotopic (exact) mass is 637 g/mol. The third-order valence-electron chi connectivity index (χ3n) is 7.16. The summed E-state index contributed by atoms with van der Waals surface area (Å²) in [6.07, 6.45) is 3.00. The molecule has 2 unspecified atom stereocenters. The van der Waals surface area contributed by atoms with Crippen LogP contribution in [-0.4, -0.2) is 65.2 Å². The highest BCUT2D eigenvalue weighted by Gasteiger charge is 2.27. The van der Waals surface area contributed by atoms with Crippen molar-refractivity contribution in [2.75, 3.05) is 19.8 Å². The van der Waals surface area contributed by atoms with Crippen molar-refractivity contribution in [2.45, 2.75) is 64.1 Å². The topological polar surface area (TPSA) is 176 Å². The number of hydrogen-bond donors (Lipinski definition) is 6. The Labute approximate surface area is 268 Å². The molecule has 0 spiro atoms. The molecule has 2 atom stereocenters. The Hall–Kier alpha value is -4.49. The number of benzene rings is 3. The third kappa shape index (κ3) is 12.5. The number of nitrogens with one attached hydrogen (secondary N) is 3. The van der Waals surface area contributed by atoms with Crippen LogP contribution in [0.25, 0.3) is 0 Å². The highest BCUT2D eigenvalue weighted by molar-refractivity contribution is 5.92. The maximum absolute atomic E-state index is 13.8. The Morgan fingerprint density at radius 3 is 2.15 bits per heavy atom. The van der Waals surface area contributed by atoms with Gasteiger partial charge in [0.25, 0.3) is 0 Å². The lowest BCUT2D eigenvalue weighted by atomic mass is 10.0.